The molecule has 0 saturated carbocycles. The lowest BCUT2D eigenvalue weighted by atomic mass is 9.92. The molecule has 0 amide bonds. The molecule has 2 rings (SSSR count). The van der Waals surface area contributed by atoms with Crippen LogP contribution in [0, 0.1) is 0 Å². The summed E-state index contributed by atoms with van der Waals surface area (Å²) in [5.74, 6) is 0. The van der Waals surface area contributed by atoms with Crippen molar-refractivity contribution in [3.8, 4) is 0 Å². The van der Waals surface area contributed by atoms with Crippen LogP contribution in [0.2, 0.25) is 0 Å². The Kier molecular flexibility index (Phi) is 19.4. The molecule has 37 heavy (non-hydrogen) atoms. The minimum absolute atomic E-state index is 0.0168. The van der Waals surface area contributed by atoms with Crippen LogP contribution in [0.4, 0.5) is 0 Å². The summed E-state index contributed by atoms with van der Waals surface area (Å²) in [5, 5.41) is 0. The average Bonchev–Trinajstić information content (AvgIpc) is 3.57. The molecule has 2 atom stereocenters. The summed E-state index contributed by atoms with van der Waals surface area (Å²) in [7, 11) is 0. The molecule has 2 unspecified atom stereocenters. The molecule has 0 aliphatic carbocycles. The highest BCUT2D eigenvalue weighted by Gasteiger charge is 2.38. The first kappa shape index (κ1) is 33.1. The number of ether oxygens (including phenoxy) is 3. The summed E-state index contributed by atoms with van der Waals surface area (Å²) in [6, 6.07) is 0. The van der Waals surface area contributed by atoms with Gasteiger partial charge in [0.15, 0.2) is 0 Å². The van der Waals surface area contributed by atoms with Crippen LogP contribution in [0.5, 0.6) is 0 Å². The zero-order valence-corrected chi connectivity index (χ0v) is 25.4. The molecular formula is C34H66O3. The summed E-state index contributed by atoms with van der Waals surface area (Å²) in [5.41, 5.74) is -0.0336. The lowest BCUT2D eigenvalue weighted by Gasteiger charge is -2.32. The Balaban J connectivity index is 1.55. The van der Waals surface area contributed by atoms with Crippen molar-refractivity contribution in [2.24, 2.45) is 0 Å². The van der Waals surface area contributed by atoms with Gasteiger partial charge in [0.1, 0.15) is 0 Å². The second kappa shape index (κ2) is 21.7. The molecule has 2 saturated heterocycles. The van der Waals surface area contributed by atoms with E-state index >= 15 is 0 Å². The summed E-state index contributed by atoms with van der Waals surface area (Å²) in [4.78, 5) is 0. The van der Waals surface area contributed by atoms with Crippen LogP contribution in [0.15, 0.2) is 0 Å². The third kappa shape index (κ3) is 15.3. The van der Waals surface area contributed by atoms with Gasteiger partial charge >= 0.3 is 0 Å². The smallest absolute Gasteiger partial charge is 0.0915 e. The molecule has 0 spiro atoms. The Morgan fingerprint density at radius 2 is 0.784 bits per heavy atom. The monoisotopic (exact) mass is 523 g/mol. The second-order valence-corrected chi connectivity index (χ2v) is 12.6. The van der Waals surface area contributed by atoms with E-state index in [0.29, 0.717) is 0 Å². The van der Waals surface area contributed by atoms with Crippen molar-refractivity contribution < 1.29 is 14.2 Å². The van der Waals surface area contributed by atoms with E-state index in [9.17, 15) is 0 Å². The van der Waals surface area contributed by atoms with E-state index in [1.807, 2.05) is 0 Å². The maximum Gasteiger partial charge on any atom is 0.0915 e. The Labute approximate surface area is 232 Å². The maximum atomic E-state index is 6.44. The zero-order chi connectivity index (χ0) is 26.3. The molecule has 2 fully saturated rings. The number of hydrogen-bond donors (Lipinski definition) is 0. The van der Waals surface area contributed by atoms with E-state index in [1.165, 1.54) is 167 Å². The SMILES string of the molecule is CCCCCCCCCCCCC1(COCC2(CCCCCCCCCCCC)CCCO2)CCCO1. The van der Waals surface area contributed by atoms with E-state index in [1.54, 1.807) is 0 Å². The van der Waals surface area contributed by atoms with Crippen LogP contribution < -0.4 is 0 Å². The van der Waals surface area contributed by atoms with Crippen molar-refractivity contribution >= 4 is 0 Å². The van der Waals surface area contributed by atoms with Gasteiger partial charge in [0.05, 0.1) is 24.4 Å². The van der Waals surface area contributed by atoms with E-state index in [2.05, 4.69) is 13.8 Å². The number of hydrogen-bond acceptors (Lipinski definition) is 3. The molecule has 0 bridgehead atoms. The van der Waals surface area contributed by atoms with Crippen LogP contribution in [0.3, 0.4) is 0 Å². The van der Waals surface area contributed by atoms with Crippen LogP contribution in [0.1, 0.15) is 181 Å². The molecule has 0 radical (unpaired) electrons. The summed E-state index contributed by atoms with van der Waals surface area (Å²) >= 11 is 0. The fourth-order valence-electron chi connectivity index (χ4n) is 6.57. The quantitative estimate of drug-likeness (QED) is 0.106. The van der Waals surface area contributed by atoms with Gasteiger partial charge in [-0.25, -0.2) is 0 Å². The van der Waals surface area contributed by atoms with Crippen LogP contribution in [0.25, 0.3) is 0 Å². The predicted molar refractivity (Wildman–Crippen MR) is 160 cm³/mol. The average molecular weight is 523 g/mol. The number of unbranched alkanes of at least 4 members (excludes halogenated alkanes) is 18. The van der Waals surface area contributed by atoms with E-state index in [4.69, 9.17) is 14.2 Å². The summed E-state index contributed by atoms with van der Waals surface area (Å²) in [6.07, 6.45) is 35.0. The molecule has 0 aromatic heterocycles. The summed E-state index contributed by atoms with van der Waals surface area (Å²) < 4.78 is 19.1. The van der Waals surface area contributed by atoms with E-state index < -0.39 is 0 Å². The van der Waals surface area contributed by atoms with Gasteiger partial charge in [0.2, 0.25) is 0 Å². The van der Waals surface area contributed by atoms with Crippen molar-refractivity contribution in [3.63, 3.8) is 0 Å². The highest BCUT2D eigenvalue weighted by molar-refractivity contribution is 4.88. The number of rotatable bonds is 26. The first-order chi connectivity index (χ1) is 18.2. The van der Waals surface area contributed by atoms with Crippen molar-refractivity contribution in [1.82, 2.24) is 0 Å². The molecule has 220 valence electrons. The molecule has 0 aromatic carbocycles. The first-order valence-electron chi connectivity index (χ1n) is 17.1. The molecule has 2 heterocycles. The van der Waals surface area contributed by atoms with Crippen molar-refractivity contribution in [1.29, 1.82) is 0 Å². The molecule has 3 nitrogen and oxygen atoms in total. The fourth-order valence-corrected chi connectivity index (χ4v) is 6.57. The van der Waals surface area contributed by atoms with E-state index in [-0.39, 0.29) is 11.2 Å². The highest BCUT2D eigenvalue weighted by atomic mass is 16.6. The first-order valence-corrected chi connectivity index (χ1v) is 17.1. The predicted octanol–water partition coefficient (Wildman–Crippen LogP) is 10.7. The highest BCUT2D eigenvalue weighted by Crippen LogP contribution is 2.35. The van der Waals surface area contributed by atoms with Gasteiger partial charge in [-0.3, -0.25) is 0 Å². The summed E-state index contributed by atoms with van der Waals surface area (Å²) in [6.45, 7) is 7.97. The van der Waals surface area contributed by atoms with Gasteiger partial charge < -0.3 is 14.2 Å². The Bertz CT molecular complexity index is 449. The van der Waals surface area contributed by atoms with Gasteiger partial charge in [-0.2, -0.15) is 0 Å². The fraction of sp³-hybridized carbons (Fsp3) is 1.00. The van der Waals surface area contributed by atoms with Gasteiger partial charge in [-0.05, 0) is 38.5 Å². The standard InChI is InChI=1S/C34H66O3/c1-3-5-7-9-11-13-15-17-19-21-25-33(27-23-29-36-33)31-35-32-34(28-24-30-37-34)26-22-20-18-16-14-12-10-8-6-4-2/h3-32H2,1-2H3. The van der Waals surface area contributed by atoms with Gasteiger partial charge in [-0.1, -0.05) is 142 Å². The molecular weight excluding hydrogens is 456 g/mol. The van der Waals surface area contributed by atoms with Crippen LogP contribution in [-0.2, 0) is 14.2 Å². The maximum absolute atomic E-state index is 6.44. The minimum Gasteiger partial charge on any atom is -0.375 e. The van der Waals surface area contributed by atoms with Gasteiger partial charge in [0.25, 0.3) is 0 Å². The second-order valence-electron chi connectivity index (χ2n) is 12.6. The van der Waals surface area contributed by atoms with Crippen molar-refractivity contribution in [2.75, 3.05) is 26.4 Å². The Morgan fingerprint density at radius 3 is 1.08 bits per heavy atom. The molecule has 0 N–H and O–H groups in total. The minimum atomic E-state index is -0.0168. The molecule has 2 aliphatic heterocycles. The topological polar surface area (TPSA) is 27.7 Å². The third-order valence-corrected chi connectivity index (χ3v) is 9.07. The Morgan fingerprint density at radius 1 is 0.459 bits per heavy atom. The zero-order valence-electron chi connectivity index (χ0n) is 25.4. The molecule has 3 heteroatoms. The third-order valence-electron chi connectivity index (χ3n) is 9.07. The van der Waals surface area contributed by atoms with Crippen LogP contribution in [-0.4, -0.2) is 37.6 Å². The lowest BCUT2D eigenvalue weighted by Crippen LogP contribution is -2.39. The Hall–Kier alpha value is -0.120. The molecule has 2 aliphatic rings. The van der Waals surface area contributed by atoms with Crippen molar-refractivity contribution in [2.45, 2.75) is 192 Å². The van der Waals surface area contributed by atoms with Crippen molar-refractivity contribution in [3.05, 3.63) is 0 Å². The molecule has 0 aromatic rings. The lowest BCUT2D eigenvalue weighted by molar-refractivity contribution is -0.116. The normalized spacial score (nSPS) is 23.8. The van der Waals surface area contributed by atoms with Gasteiger partial charge in [-0.15, -0.1) is 0 Å². The largest absolute Gasteiger partial charge is 0.375 e. The van der Waals surface area contributed by atoms with Crippen LogP contribution >= 0.6 is 0 Å². The van der Waals surface area contributed by atoms with Gasteiger partial charge in [0, 0.05) is 13.2 Å². The van der Waals surface area contributed by atoms with E-state index in [0.717, 1.165) is 26.4 Å².